The number of hydrogen-bond donors (Lipinski definition) is 3. The fraction of sp³-hybridized carbons (Fsp3) is 0.333. The van der Waals surface area contributed by atoms with E-state index in [-0.39, 0.29) is 30.2 Å². The Kier molecular flexibility index (Phi) is 5.62. The summed E-state index contributed by atoms with van der Waals surface area (Å²) in [5, 5.41) is 10.4. The topological polar surface area (TPSA) is 100 Å². The van der Waals surface area contributed by atoms with E-state index in [9.17, 15) is 14.4 Å². The van der Waals surface area contributed by atoms with E-state index in [0.717, 1.165) is 5.56 Å². The summed E-state index contributed by atoms with van der Waals surface area (Å²) in [6, 6.07) is 9.12. The van der Waals surface area contributed by atoms with Gasteiger partial charge in [-0.1, -0.05) is 30.3 Å². The number of hydrogen-bond acceptors (Lipinski definition) is 5. The van der Waals surface area contributed by atoms with Crippen LogP contribution < -0.4 is 16.0 Å². The molecule has 2 atom stereocenters. The van der Waals surface area contributed by atoms with E-state index in [1.54, 1.807) is 5.38 Å². The Bertz CT molecular complexity index is 806. The first-order valence-electron chi connectivity index (χ1n) is 8.40. The summed E-state index contributed by atoms with van der Waals surface area (Å²) in [4.78, 5) is 39.7. The molecule has 0 aliphatic carbocycles. The molecule has 2 unspecified atom stereocenters. The van der Waals surface area contributed by atoms with E-state index >= 15 is 0 Å². The highest BCUT2D eigenvalue weighted by molar-refractivity contribution is 7.13. The number of benzene rings is 1. The molecule has 2 aromatic rings. The molecule has 0 spiro atoms. The molecule has 3 N–H and O–H groups in total. The second kappa shape index (κ2) is 8.09. The van der Waals surface area contributed by atoms with Crippen molar-refractivity contribution in [3.05, 3.63) is 47.0 Å². The van der Waals surface area contributed by atoms with Crippen molar-refractivity contribution in [1.82, 2.24) is 15.6 Å². The highest BCUT2D eigenvalue weighted by Gasteiger charge is 2.27. The van der Waals surface area contributed by atoms with Crippen molar-refractivity contribution >= 4 is 34.2 Å². The zero-order chi connectivity index (χ0) is 18.5. The summed E-state index contributed by atoms with van der Waals surface area (Å²) < 4.78 is 0. The molecule has 3 amide bonds. The van der Waals surface area contributed by atoms with Gasteiger partial charge in [0.15, 0.2) is 5.13 Å². The molecule has 0 radical (unpaired) electrons. The lowest BCUT2D eigenvalue weighted by atomic mass is 10.1. The molecular formula is C18H20N4O3S. The number of nitrogens with one attached hydrogen (secondary N) is 3. The minimum atomic E-state index is -0.509. The van der Waals surface area contributed by atoms with Crippen LogP contribution in [0.2, 0.25) is 0 Å². The van der Waals surface area contributed by atoms with Gasteiger partial charge in [0, 0.05) is 11.8 Å². The molecule has 1 aromatic heterocycles. The van der Waals surface area contributed by atoms with Crippen LogP contribution >= 0.6 is 11.3 Å². The van der Waals surface area contributed by atoms with Crippen LogP contribution in [0.1, 0.15) is 37.1 Å². The smallest absolute Gasteiger partial charge is 0.248 e. The van der Waals surface area contributed by atoms with Gasteiger partial charge in [-0.25, -0.2) is 4.98 Å². The minimum absolute atomic E-state index is 0.0903. The van der Waals surface area contributed by atoms with Crippen LogP contribution in [0.15, 0.2) is 35.7 Å². The van der Waals surface area contributed by atoms with E-state index in [0.29, 0.717) is 23.7 Å². The number of thiazole rings is 1. The molecule has 1 aliphatic heterocycles. The minimum Gasteiger partial charge on any atom is -0.349 e. The second-order valence-corrected chi connectivity index (χ2v) is 7.03. The average molecular weight is 372 g/mol. The second-order valence-electron chi connectivity index (χ2n) is 6.17. The van der Waals surface area contributed by atoms with Crippen LogP contribution in [-0.4, -0.2) is 28.7 Å². The molecule has 0 bridgehead atoms. The van der Waals surface area contributed by atoms with Crippen LogP contribution in [0.3, 0.4) is 0 Å². The molecule has 7 nitrogen and oxygen atoms in total. The monoisotopic (exact) mass is 372 g/mol. The Morgan fingerprint density at radius 3 is 2.81 bits per heavy atom. The summed E-state index contributed by atoms with van der Waals surface area (Å²) in [6.07, 6.45) is 0.993. The molecule has 136 valence electrons. The predicted molar refractivity (Wildman–Crippen MR) is 98.6 cm³/mol. The average Bonchev–Trinajstić information content (AvgIpc) is 3.24. The van der Waals surface area contributed by atoms with Crippen molar-refractivity contribution in [2.24, 2.45) is 0 Å². The van der Waals surface area contributed by atoms with E-state index in [2.05, 4.69) is 20.9 Å². The van der Waals surface area contributed by atoms with Gasteiger partial charge >= 0.3 is 0 Å². The number of amides is 3. The van der Waals surface area contributed by atoms with Gasteiger partial charge in [-0.15, -0.1) is 11.3 Å². The maximum atomic E-state index is 12.2. The summed E-state index contributed by atoms with van der Waals surface area (Å²) in [5.74, 6) is -0.527. The Morgan fingerprint density at radius 1 is 1.35 bits per heavy atom. The van der Waals surface area contributed by atoms with Crippen LogP contribution in [0.25, 0.3) is 0 Å². The third-order valence-electron chi connectivity index (χ3n) is 4.11. The molecule has 1 saturated heterocycles. The summed E-state index contributed by atoms with van der Waals surface area (Å²) in [7, 11) is 0. The molecule has 3 rings (SSSR count). The summed E-state index contributed by atoms with van der Waals surface area (Å²) in [5.41, 5.74) is 1.63. The van der Waals surface area contributed by atoms with Gasteiger partial charge in [-0.05, 0) is 18.9 Å². The van der Waals surface area contributed by atoms with Gasteiger partial charge in [0.25, 0.3) is 0 Å². The highest BCUT2D eigenvalue weighted by atomic mass is 32.1. The number of carbonyl (C=O) groups is 3. The van der Waals surface area contributed by atoms with Crippen molar-refractivity contribution in [3.63, 3.8) is 0 Å². The lowest BCUT2D eigenvalue weighted by Gasteiger charge is -2.13. The number of aromatic nitrogens is 1. The third kappa shape index (κ3) is 4.66. The number of rotatable bonds is 6. The van der Waals surface area contributed by atoms with Gasteiger partial charge in [0.05, 0.1) is 18.2 Å². The zero-order valence-corrected chi connectivity index (χ0v) is 15.1. The van der Waals surface area contributed by atoms with E-state index in [1.807, 2.05) is 37.3 Å². The van der Waals surface area contributed by atoms with Gasteiger partial charge in [0.1, 0.15) is 6.04 Å². The molecule has 1 aliphatic rings. The Hall–Kier alpha value is -2.74. The normalized spacial score (nSPS) is 17.4. The summed E-state index contributed by atoms with van der Waals surface area (Å²) in [6.45, 7) is 1.93. The van der Waals surface area contributed by atoms with Crippen molar-refractivity contribution in [2.45, 2.75) is 38.3 Å². The lowest BCUT2D eigenvalue weighted by molar-refractivity contribution is -0.122. The molecule has 2 heterocycles. The Morgan fingerprint density at radius 2 is 2.12 bits per heavy atom. The first kappa shape index (κ1) is 18.1. The van der Waals surface area contributed by atoms with Crippen molar-refractivity contribution < 1.29 is 14.4 Å². The fourth-order valence-electron chi connectivity index (χ4n) is 2.73. The van der Waals surface area contributed by atoms with E-state index in [4.69, 9.17) is 0 Å². The summed E-state index contributed by atoms with van der Waals surface area (Å²) >= 11 is 1.26. The number of anilines is 1. The third-order valence-corrected chi connectivity index (χ3v) is 4.92. The molecule has 26 heavy (non-hydrogen) atoms. The first-order valence-corrected chi connectivity index (χ1v) is 9.28. The molecule has 1 fully saturated rings. The fourth-order valence-corrected chi connectivity index (χ4v) is 3.44. The molecule has 0 saturated carbocycles. The SMILES string of the molecule is CC(NC(=O)Cc1csc(NC(=O)C2CCC(=O)N2)n1)c1ccccc1. The highest BCUT2D eigenvalue weighted by Crippen LogP contribution is 2.18. The quantitative estimate of drug-likeness (QED) is 0.719. The predicted octanol–water partition coefficient (Wildman–Crippen LogP) is 1.78. The molecule has 1 aromatic carbocycles. The number of carbonyl (C=O) groups excluding carboxylic acids is 3. The maximum absolute atomic E-state index is 12.2. The van der Waals surface area contributed by atoms with Gasteiger partial charge < -0.3 is 16.0 Å². The van der Waals surface area contributed by atoms with E-state index < -0.39 is 6.04 Å². The van der Waals surface area contributed by atoms with Crippen molar-refractivity contribution in [1.29, 1.82) is 0 Å². The lowest BCUT2D eigenvalue weighted by Crippen LogP contribution is -2.37. The molecular weight excluding hydrogens is 352 g/mol. The van der Waals surface area contributed by atoms with Crippen LogP contribution in [0.4, 0.5) is 5.13 Å². The van der Waals surface area contributed by atoms with Crippen LogP contribution in [-0.2, 0) is 20.8 Å². The van der Waals surface area contributed by atoms with Crippen LogP contribution in [0.5, 0.6) is 0 Å². The van der Waals surface area contributed by atoms with Gasteiger partial charge in [-0.2, -0.15) is 0 Å². The Balaban J connectivity index is 1.50. The first-order chi connectivity index (χ1) is 12.5. The van der Waals surface area contributed by atoms with Crippen molar-refractivity contribution in [2.75, 3.05) is 5.32 Å². The Labute approximate surface area is 155 Å². The van der Waals surface area contributed by atoms with Crippen molar-refractivity contribution in [3.8, 4) is 0 Å². The van der Waals surface area contributed by atoms with Crippen LogP contribution in [0, 0.1) is 0 Å². The largest absolute Gasteiger partial charge is 0.349 e. The maximum Gasteiger partial charge on any atom is 0.248 e. The standard InChI is InChI=1S/C18H20N4O3S/c1-11(12-5-3-2-4-6-12)19-16(24)9-13-10-26-18(20-13)22-17(25)14-7-8-15(23)21-14/h2-6,10-11,14H,7-9H2,1H3,(H,19,24)(H,21,23)(H,20,22,25). The number of nitrogens with zero attached hydrogens (tertiary/aromatic N) is 1. The van der Waals surface area contributed by atoms with E-state index in [1.165, 1.54) is 11.3 Å². The van der Waals surface area contributed by atoms with Gasteiger partial charge in [-0.3, -0.25) is 14.4 Å². The zero-order valence-electron chi connectivity index (χ0n) is 14.3. The molecule has 8 heteroatoms. The van der Waals surface area contributed by atoms with Gasteiger partial charge in [0.2, 0.25) is 17.7 Å².